The second kappa shape index (κ2) is 8.51. The second-order valence-corrected chi connectivity index (χ2v) is 6.58. The Labute approximate surface area is 167 Å². The van der Waals surface area contributed by atoms with E-state index in [1.54, 1.807) is 48.5 Å². The minimum Gasteiger partial charge on any atom is -0.484 e. The molecule has 0 atom stereocenters. The van der Waals surface area contributed by atoms with Gasteiger partial charge in [0.15, 0.2) is 5.76 Å². The molecular weight excluding hydrogens is 378 g/mol. The number of amides is 1. The highest BCUT2D eigenvalue weighted by Crippen LogP contribution is 2.27. The smallest absolute Gasteiger partial charge is 0.291 e. The molecule has 142 valence electrons. The highest BCUT2D eigenvalue weighted by Gasteiger charge is 2.13. The zero-order valence-corrected chi connectivity index (χ0v) is 16.2. The molecule has 0 saturated heterocycles. The van der Waals surface area contributed by atoms with Crippen molar-refractivity contribution in [3.05, 3.63) is 76.7 Å². The predicted octanol–water partition coefficient (Wildman–Crippen LogP) is 4.70. The van der Waals surface area contributed by atoms with E-state index in [0.717, 1.165) is 5.69 Å². The van der Waals surface area contributed by atoms with Crippen LogP contribution >= 0.6 is 11.6 Å². The molecule has 1 N–H and O–H groups in total. The van der Waals surface area contributed by atoms with E-state index in [0.29, 0.717) is 27.8 Å². The summed E-state index contributed by atoms with van der Waals surface area (Å²) < 4.78 is 11.2. The molecule has 2 aromatic carbocycles. The van der Waals surface area contributed by atoms with Gasteiger partial charge in [-0.15, -0.1) is 0 Å². The van der Waals surface area contributed by atoms with Crippen molar-refractivity contribution in [3.8, 4) is 11.8 Å². The molecule has 0 aliphatic rings. The summed E-state index contributed by atoms with van der Waals surface area (Å²) in [6.07, 6.45) is 0. The van der Waals surface area contributed by atoms with Gasteiger partial charge in [-0.25, -0.2) is 0 Å². The number of para-hydroxylation sites is 1. The molecule has 0 unspecified atom stereocenters. The minimum absolute atomic E-state index is 0.106. The number of ether oxygens (including phenoxy) is 1. The van der Waals surface area contributed by atoms with Crippen LogP contribution in [0.3, 0.4) is 0 Å². The normalized spacial score (nSPS) is 10.2. The number of anilines is 2. The van der Waals surface area contributed by atoms with Crippen LogP contribution in [-0.2, 0) is 6.61 Å². The van der Waals surface area contributed by atoms with Gasteiger partial charge in [-0.3, -0.25) is 4.79 Å². The number of furan rings is 1. The first-order valence-corrected chi connectivity index (χ1v) is 8.84. The second-order valence-electron chi connectivity index (χ2n) is 6.18. The Balaban J connectivity index is 1.64. The number of nitrogens with one attached hydrogen (secondary N) is 1. The largest absolute Gasteiger partial charge is 0.484 e. The van der Waals surface area contributed by atoms with Gasteiger partial charge in [-0.05, 0) is 42.5 Å². The highest BCUT2D eigenvalue weighted by atomic mass is 35.5. The molecule has 3 aromatic rings. The van der Waals surface area contributed by atoms with Gasteiger partial charge in [0.05, 0.1) is 16.3 Å². The topological polar surface area (TPSA) is 78.5 Å². The summed E-state index contributed by atoms with van der Waals surface area (Å²) in [5.41, 5.74) is 1.86. The Bertz CT molecular complexity index is 1040. The van der Waals surface area contributed by atoms with E-state index in [4.69, 9.17) is 26.0 Å². The lowest BCUT2D eigenvalue weighted by Gasteiger charge is -2.15. The Kier molecular flexibility index (Phi) is 5.87. The van der Waals surface area contributed by atoms with Crippen molar-refractivity contribution in [1.82, 2.24) is 0 Å². The number of nitriles is 1. The SMILES string of the molecule is CN(C)c1ccc(NC(=O)c2ccc(COc3ccccc3C#N)o2)cc1Cl. The van der Waals surface area contributed by atoms with E-state index in [2.05, 4.69) is 11.4 Å². The van der Waals surface area contributed by atoms with E-state index < -0.39 is 5.91 Å². The van der Waals surface area contributed by atoms with Crippen LogP contribution in [0.15, 0.2) is 59.0 Å². The fourth-order valence-electron chi connectivity index (χ4n) is 2.55. The summed E-state index contributed by atoms with van der Waals surface area (Å²) in [5.74, 6) is 0.694. The number of rotatable bonds is 6. The first kappa shape index (κ1) is 19.3. The number of carbonyl (C=O) groups is 1. The van der Waals surface area contributed by atoms with Crippen molar-refractivity contribution >= 4 is 28.9 Å². The fraction of sp³-hybridized carbons (Fsp3) is 0.143. The zero-order valence-electron chi connectivity index (χ0n) is 15.4. The van der Waals surface area contributed by atoms with Gasteiger partial charge in [0, 0.05) is 19.8 Å². The number of hydrogen-bond donors (Lipinski definition) is 1. The van der Waals surface area contributed by atoms with E-state index in [1.807, 2.05) is 25.1 Å². The number of nitrogens with zero attached hydrogens (tertiary/aromatic N) is 2. The molecule has 0 radical (unpaired) electrons. The van der Waals surface area contributed by atoms with Crippen LogP contribution in [0.5, 0.6) is 5.75 Å². The van der Waals surface area contributed by atoms with Crippen LogP contribution in [0.2, 0.25) is 5.02 Å². The maximum atomic E-state index is 12.4. The summed E-state index contributed by atoms with van der Waals surface area (Å²) >= 11 is 6.23. The van der Waals surface area contributed by atoms with Crippen LogP contribution in [0.1, 0.15) is 21.9 Å². The van der Waals surface area contributed by atoms with Crippen molar-refractivity contribution < 1.29 is 13.9 Å². The quantitative estimate of drug-likeness (QED) is 0.654. The van der Waals surface area contributed by atoms with Gasteiger partial charge in [0.2, 0.25) is 0 Å². The van der Waals surface area contributed by atoms with Crippen LogP contribution in [0.25, 0.3) is 0 Å². The van der Waals surface area contributed by atoms with Crippen LogP contribution < -0.4 is 15.0 Å². The molecule has 0 spiro atoms. The maximum Gasteiger partial charge on any atom is 0.291 e. The standard InChI is InChI=1S/C21H18ClN3O3/c1-25(2)18-9-7-15(11-17(18)22)24-21(26)20-10-8-16(28-20)13-27-19-6-4-3-5-14(19)12-23/h3-11H,13H2,1-2H3,(H,24,26). The fourth-order valence-corrected chi connectivity index (χ4v) is 2.90. The van der Waals surface area contributed by atoms with Crippen LogP contribution in [0, 0.1) is 11.3 Å². The average Bonchev–Trinajstić information content (AvgIpc) is 3.15. The maximum absolute atomic E-state index is 12.4. The summed E-state index contributed by atoms with van der Waals surface area (Å²) in [6, 6.07) is 17.5. The highest BCUT2D eigenvalue weighted by molar-refractivity contribution is 6.33. The monoisotopic (exact) mass is 395 g/mol. The van der Waals surface area contributed by atoms with Gasteiger partial charge in [-0.2, -0.15) is 5.26 Å². The first-order chi connectivity index (χ1) is 13.5. The molecule has 7 heteroatoms. The molecule has 0 fully saturated rings. The zero-order chi connectivity index (χ0) is 20.1. The van der Waals surface area contributed by atoms with E-state index in [9.17, 15) is 4.79 Å². The third-order valence-corrected chi connectivity index (χ3v) is 4.25. The Morgan fingerprint density at radius 2 is 2.00 bits per heavy atom. The lowest BCUT2D eigenvalue weighted by molar-refractivity contribution is 0.0992. The number of halogens is 1. The summed E-state index contributed by atoms with van der Waals surface area (Å²) in [4.78, 5) is 14.3. The number of hydrogen-bond acceptors (Lipinski definition) is 5. The average molecular weight is 396 g/mol. The lowest BCUT2D eigenvalue weighted by Crippen LogP contribution is -2.12. The summed E-state index contributed by atoms with van der Waals surface area (Å²) in [5, 5.41) is 12.4. The van der Waals surface area contributed by atoms with Crippen molar-refractivity contribution in [2.45, 2.75) is 6.61 Å². The van der Waals surface area contributed by atoms with Gasteiger partial charge >= 0.3 is 0 Å². The van der Waals surface area contributed by atoms with E-state index in [1.165, 1.54) is 0 Å². The van der Waals surface area contributed by atoms with E-state index in [-0.39, 0.29) is 12.4 Å². The first-order valence-electron chi connectivity index (χ1n) is 8.47. The third-order valence-electron chi connectivity index (χ3n) is 3.95. The molecule has 0 saturated carbocycles. The van der Waals surface area contributed by atoms with E-state index >= 15 is 0 Å². The molecule has 28 heavy (non-hydrogen) atoms. The van der Waals surface area contributed by atoms with Crippen molar-refractivity contribution in [1.29, 1.82) is 5.26 Å². The predicted molar refractivity (Wildman–Crippen MR) is 108 cm³/mol. The summed E-state index contributed by atoms with van der Waals surface area (Å²) in [6.45, 7) is 0.106. The van der Waals surface area contributed by atoms with Crippen molar-refractivity contribution in [2.75, 3.05) is 24.3 Å². The number of carbonyl (C=O) groups excluding carboxylic acids is 1. The van der Waals surface area contributed by atoms with Gasteiger partial charge < -0.3 is 19.4 Å². The minimum atomic E-state index is -0.391. The van der Waals surface area contributed by atoms with Gasteiger partial charge in [0.1, 0.15) is 24.2 Å². The van der Waals surface area contributed by atoms with Gasteiger partial charge in [-0.1, -0.05) is 23.7 Å². The molecule has 6 nitrogen and oxygen atoms in total. The van der Waals surface area contributed by atoms with Crippen molar-refractivity contribution in [3.63, 3.8) is 0 Å². The van der Waals surface area contributed by atoms with Gasteiger partial charge in [0.25, 0.3) is 5.91 Å². The van der Waals surface area contributed by atoms with Crippen LogP contribution in [0.4, 0.5) is 11.4 Å². The molecular formula is C21H18ClN3O3. The molecule has 0 aliphatic heterocycles. The lowest BCUT2D eigenvalue weighted by atomic mass is 10.2. The molecule has 3 rings (SSSR count). The molecule has 1 aromatic heterocycles. The molecule has 1 amide bonds. The Morgan fingerprint density at radius 1 is 1.21 bits per heavy atom. The third kappa shape index (κ3) is 4.45. The summed E-state index contributed by atoms with van der Waals surface area (Å²) in [7, 11) is 3.78. The number of benzene rings is 2. The van der Waals surface area contributed by atoms with Crippen molar-refractivity contribution in [2.24, 2.45) is 0 Å². The molecule has 0 aliphatic carbocycles. The Morgan fingerprint density at radius 3 is 2.71 bits per heavy atom. The molecule has 1 heterocycles. The molecule has 0 bridgehead atoms. The van der Waals surface area contributed by atoms with Crippen LogP contribution in [-0.4, -0.2) is 20.0 Å². The Hall–Kier alpha value is -3.43.